The summed E-state index contributed by atoms with van der Waals surface area (Å²) in [5, 5.41) is 20.6. The van der Waals surface area contributed by atoms with Gasteiger partial charge in [-0.25, -0.2) is 9.59 Å². The molecule has 0 radical (unpaired) electrons. The Morgan fingerprint density at radius 3 is 1.88 bits per heavy atom. The van der Waals surface area contributed by atoms with Crippen molar-refractivity contribution in [1.29, 1.82) is 0 Å². The summed E-state index contributed by atoms with van der Waals surface area (Å²) in [6.45, 7) is 3.03. The van der Waals surface area contributed by atoms with Crippen LogP contribution in [0.4, 0.5) is 0 Å². The van der Waals surface area contributed by atoms with Crippen molar-refractivity contribution in [3.63, 3.8) is 0 Å². The highest BCUT2D eigenvalue weighted by atomic mass is 16.4. The summed E-state index contributed by atoms with van der Waals surface area (Å²) < 4.78 is 10.1. The van der Waals surface area contributed by atoms with E-state index in [0.717, 1.165) is 0 Å². The zero-order chi connectivity index (χ0) is 18.1. The lowest BCUT2D eigenvalue weighted by Crippen LogP contribution is -2.21. The minimum absolute atomic E-state index is 0.176. The Kier molecular flexibility index (Phi) is 4.14. The summed E-state index contributed by atoms with van der Waals surface area (Å²) in [6.07, 6.45) is 2.96. The largest absolute Gasteiger partial charge is 0.507 e. The first-order valence-electron chi connectivity index (χ1n) is 7.45. The SMILES string of the molecule is Cc1cc(O)c(C(c2cccnc2)c2c(O)cc(C)oc2=O)c(=O)o1. The summed E-state index contributed by atoms with van der Waals surface area (Å²) in [5.41, 5.74) is -1.56. The summed E-state index contributed by atoms with van der Waals surface area (Å²) >= 11 is 0. The highest BCUT2D eigenvalue weighted by molar-refractivity contribution is 5.50. The molecule has 0 aliphatic rings. The summed E-state index contributed by atoms with van der Waals surface area (Å²) in [7, 11) is 0. The predicted molar refractivity (Wildman–Crippen MR) is 87.9 cm³/mol. The smallest absolute Gasteiger partial charge is 0.343 e. The zero-order valence-electron chi connectivity index (χ0n) is 13.5. The molecule has 0 aromatic carbocycles. The lowest BCUT2D eigenvalue weighted by atomic mass is 9.86. The van der Waals surface area contributed by atoms with E-state index in [9.17, 15) is 19.8 Å². The topological polar surface area (TPSA) is 114 Å². The molecule has 0 unspecified atom stereocenters. The molecule has 0 atom stereocenters. The van der Waals surface area contributed by atoms with Crippen LogP contribution < -0.4 is 11.3 Å². The number of hydrogen-bond acceptors (Lipinski definition) is 7. The maximum Gasteiger partial charge on any atom is 0.343 e. The molecule has 0 amide bonds. The minimum Gasteiger partial charge on any atom is -0.507 e. The van der Waals surface area contributed by atoms with Gasteiger partial charge in [0.2, 0.25) is 0 Å². The predicted octanol–water partition coefficient (Wildman–Crippen LogP) is 2.20. The van der Waals surface area contributed by atoms with E-state index in [-0.39, 0.29) is 34.1 Å². The van der Waals surface area contributed by atoms with Crippen molar-refractivity contribution in [2.45, 2.75) is 19.8 Å². The van der Waals surface area contributed by atoms with Gasteiger partial charge >= 0.3 is 11.3 Å². The molecule has 0 saturated carbocycles. The Morgan fingerprint density at radius 1 is 0.960 bits per heavy atom. The third-order valence-electron chi connectivity index (χ3n) is 3.77. The monoisotopic (exact) mass is 341 g/mol. The maximum absolute atomic E-state index is 12.4. The zero-order valence-corrected chi connectivity index (χ0v) is 13.5. The highest BCUT2D eigenvalue weighted by Gasteiger charge is 2.30. The second kappa shape index (κ2) is 6.27. The van der Waals surface area contributed by atoms with Crippen LogP contribution in [0.5, 0.6) is 11.5 Å². The number of aryl methyl sites for hydroxylation is 2. The average Bonchev–Trinajstić information content (AvgIpc) is 2.52. The molecule has 3 heterocycles. The maximum atomic E-state index is 12.4. The molecule has 128 valence electrons. The standard InChI is InChI=1S/C18H15NO6/c1-9-6-12(20)15(17(22)24-9)14(11-4-3-5-19-8-11)16-13(21)7-10(2)25-18(16)23/h3-8,14,20-21H,1-2H3. The molecule has 2 N–H and O–H groups in total. The summed E-state index contributed by atoms with van der Waals surface area (Å²) in [5.74, 6) is -1.35. The van der Waals surface area contributed by atoms with Crippen LogP contribution in [0.2, 0.25) is 0 Å². The van der Waals surface area contributed by atoms with Crippen LogP contribution in [-0.4, -0.2) is 15.2 Å². The third kappa shape index (κ3) is 3.03. The molecule has 3 aromatic rings. The number of rotatable bonds is 3. The van der Waals surface area contributed by atoms with Crippen LogP contribution in [0.25, 0.3) is 0 Å². The van der Waals surface area contributed by atoms with Gasteiger partial charge in [-0.05, 0) is 25.5 Å². The van der Waals surface area contributed by atoms with Crippen LogP contribution in [0.15, 0.2) is 55.1 Å². The van der Waals surface area contributed by atoms with E-state index in [1.807, 2.05) is 0 Å². The first-order valence-corrected chi connectivity index (χ1v) is 7.45. The molecule has 3 aromatic heterocycles. The van der Waals surface area contributed by atoms with Gasteiger partial charge in [0.1, 0.15) is 23.0 Å². The fourth-order valence-corrected chi connectivity index (χ4v) is 2.77. The fourth-order valence-electron chi connectivity index (χ4n) is 2.77. The Labute approximate surface area is 141 Å². The molecule has 0 aliphatic heterocycles. The fraction of sp³-hybridized carbons (Fsp3) is 0.167. The van der Waals surface area contributed by atoms with Crippen molar-refractivity contribution in [2.75, 3.05) is 0 Å². The second-order valence-corrected chi connectivity index (χ2v) is 5.61. The van der Waals surface area contributed by atoms with E-state index in [0.29, 0.717) is 5.56 Å². The highest BCUT2D eigenvalue weighted by Crippen LogP contribution is 2.37. The van der Waals surface area contributed by atoms with Crippen LogP contribution >= 0.6 is 0 Å². The van der Waals surface area contributed by atoms with Gasteiger partial charge in [0.25, 0.3) is 0 Å². The van der Waals surface area contributed by atoms with Crippen molar-refractivity contribution in [3.05, 3.63) is 85.7 Å². The summed E-state index contributed by atoms with van der Waals surface area (Å²) in [6, 6.07) is 5.77. The molecule has 0 bridgehead atoms. The lowest BCUT2D eigenvalue weighted by molar-refractivity contribution is 0.407. The Bertz CT molecular complexity index is 970. The van der Waals surface area contributed by atoms with Gasteiger partial charge in [-0.3, -0.25) is 4.98 Å². The van der Waals surface area contributed by atoms with E-state index in [4.69, 9.17) is 8.83 Å². The molecule has 0 aliphatic carbocycles. The normalized spacial score (nSPS) is 11.0. The lowest BCUT2D eigenvalue weighted by Gasteiger charge is -2.18. The van der Waals surface area contributed by atoms with Gasteiger partial charge < -0.3 is 19.0 Å². The first-order chi connectivity index (χ1) is 11.9. The number of pyridine rings is 1. The van der Waals surface area contributed by atoms with Gasteiger partial charge in [-0.2, -0.15) is 0 Å². The molecule has 0 saturated heterocycles. The van der Waals surface area contributed by atoms with Crippen LogP contribution in [0, 0.1) is 13.8 Å². The van der Waals surface area contributed by atoms with E-state index in [1.165, 1.54) is 38.4 Å². The van der Waals surface area contributed by atoms with Gasteiger partial charge in [0.15, 0.2) is 0 Å². The van der Waals surface area contributed by atoms with Gasteiger partial charge in [-0.1, -0.05) is 6.07 Å². The van der Waals surface area contributed by atoms with E-state index < -0.39 is 17.2 Å². The molecular formula is C18H15NO6. The number of nitrogens with zero attached hydrogens (tertiary/aromatic N) is 1. The molecular weight excluding hydrogens is 326 g/mol. The Balaban J connectivity index is 2.38. The van der Waals surface area contributed by atoms with E-state index in [2.05, 4.69) is 4.98 Å². The van der Waals surface area contributed by atoms with Crippen molar-refractivity contribution < 1.29 is 19.0 Å². The molecule has 3 rings (SSSR count). The van der Waals surface area contributed by atoms with Crippen molar-refractivity contribution >= 4 is 0 Å². The Hall–Kier alpha value is -3.35. The van der Waals surface area contributed by atoms with Crippen LogP contribution in [0.1, 0.15) is 34.1 Å². The van der Waals surface area contributed by atoms with Crippen molar-refractivity contribution in [1.82, 2.24) is 4.98 Å². The summed E-state index contributed by atoms with van der Waals surface area (Å²) in [4.78, 5) is 28.7. The van der Waals surface area contributed by atoms with Crippen LogP contribution in [-0.2, 0) is 0 Å². The molecule has 0 fully saturated rings. The van der Waals surface area contributed by atoms with Crippen LogP contribution in [0.3, 0.4) is 0 Å². The molecule has 0 spiro atoms. The second-order valence-electron chi connectivity index (χ2n) is 5.61. The van der Waals surface area contributed by atoms with E-state index in [1.54, 1.807) is 12.1 Å². The van der Waals surface area contributed by atoms with E-state index >= 15 is 0 Å². The Morgan fingerprint density at radius 2 is 1.48 bits per heavy atom. The van der Waals surface area contributed by atoms with Crippen molar-refractivity contribution in [2.24, 2.45) is 0 Å². The number of hydrogen-bond donors (Lipinski definition) is 2. The third-order valence-corrected chi connectivity index (χ3v) is 3.77. The number of aromatic nitrogens is 1. The first kappa shape index (κ1) is 16.5. The van der Waals surface area contributed by atoms with Crippen molar-refractivity contribution in [3.8, 4) is 11.5 Å². The van der Waals surface area contributed by atoms with Gasteiger partial charge in [0.05, 0.1) is 17.0 Å². The number of aromatic hydroxyl groups is 2. The average molecular weight is 341 g/mol. The molecule has 7 nitrogen and oxygen atoms in total. The van der Waals surface area contributed by atoms with Gasteiger partial charge in [0, 0.05) is 24.5 Å². The quantitative estimate of drug-likeness (QED) is 0.750. The molecule has 7 heteroatoms. The molecule has 25 heavy (non-hydrogen) atoms. The minimum atomic E-state index is -1.10. The van der Waals surface area contributed by atoms with Gasteiger partial charge in [-0.15, -0.1) is 0 Å².